The Kier molecular flexibility index (Phi) is 7.12. The van der Waals surface area contributed by atoms with Gasteiger partial charge in [-0.1, -0.05) is 67.1 Å². The largest absolute Gasteiger partial charge is 0.464 e. The Hall–Kier alpha value is -2.75. The van der Waals surface area contributed by atoms with Gasteiger partial charge in [0, 0.05) is 24.0 Å². The van der Waals surface area contributed by atoms with Gasteiger partial charge in [-0.05, 0) is 25.7 Å². The number of ether oxygens (including phenoxy) is 1. The third-order valence-corrected chi connectivity index (χ3v) is 5.11. The Bertz CT molecular complexity index is 773. The maximum atomic E-state index is 12.8. The summed E-state index contributed by atoms with van der Waals surface area (Å²) in [5, 5.41) is 0. The van der Waals surface area contributed by atoms with Crippen molar-refractivity contribution in [3.63, 3.8) is 0 Å². The van der Waals surface area contributed by atoms with Gasteiger partial charge in [0.05, 0.1) is 12.3 Å². The van der Waals surface area contributed by atoms with E-state index in [1.165, 1.54) is 0 Å². The number of carbonyl (C=O) groups excluding carboxylic acids is 2. The minimum absolute atomic E-state index is 0.114. The lowest BCUT2D eigenvalue weighted by molar-refractivity contribution is -0.146. The van der Waals surface area contributed by atoms with E-state index in [0.29, 0.717) is 19.4 Å². The quantitative estimate of drug-likeness (QED) is 0.420. The minimum Gasteiger partial charge on any atom is -0.464 e. The first kappa shape index (κ1) is 20.0. The highest BCUT2D eigenvalue weighted by molar-refractivity contribution is 6.13. The number of Topliss-reactive ketones (excluding diaryl/α,β-unsaturated/α-hetero) is 1. The zero-order chi connectivity index (χ0) is 19.8. The van der Waals surface area contributed by atoms with Gasteiger partial charge in [-0.15, -0.1) is 0 Å². The van der Waals surface area contributed by atoms with Crippen LogP contribution in [0, 0.1) is 5.92 Å². The number of ketones is 1. The number of rotatable bonds is 6. The standard InChI is InChI=1S/C24H27NO3/c1-2-28-24(27)23(20-15-9-10-16-21(26)17-20)25-22(18-11-5-3-6-12-18)19-13-7-4-8-14-19/h3-8,11-14,20,23H,2,9-10,15-17H2,1H3/t20-,23-/m0/s1. The molecule has 0 heterocycles. The maximum Gasteiger partial charge on any atom is 0.331 e. The summed E-state index contributed by atoms with van der Waals surface area (Å²) >= 11 is 0. The normalized spacial score (nSPS) is 18.0. The van der Waals surface area contributed by atoms with E-state index >= 15 is 0 Å². The molecule has 1 aliphatic carbocycles. The molecule has 2 atom stereocenters. The van der Waals surface area contributed by atoms with Crippen molar-refractivity contribution in [1.29, 1.82) is 0 Å². The Balaban J connectivity index is 2.05. The average molecular weight is 377 g/mol. The molecule has 1 saturated carbocycles. The fourth-order valence-electron chi connectivity index (χ4n) is 3.72. The smallest absolute Gasteiger partial charge is 0.331 e. The SMILES string of the molecule is CCOC(=O)[C@@H](N=C(c1ccccc1)c1ccccc1)[C@H]1CCCCC(=O)C1. The zero-order valence-electron chi connectivity index (χ0n) is 16.3. The van der Waals surface area contributed by atoms with Gasteiger partial charge in [-0.3, -0.25) is 9.79 Å². The van der Waals surface area contributed by atoms with Crippen LogP contribution in [0.4, 0.5) is 0 Å². The summed E-state index contributed by atoms with van der Waals surface area (Å²) in [5.74, 6) is -0.240. The first-order valence-electron chi connectivity index (χ1n) is 10.1. The Labute approximate surface area is 166 Å². The van der Waals surface area contributed by atoms with Gasteiger partial charge in [0.25, 0.3) is 0 Å². The summed E-state index contributed by atoms with van der Waals surface area (Å²) in [6, 6.07) is 19.1. The molecule has 0 amide bonds. The van der Waals surface area contributed by atoms with Crippen LogP contribution < -0.4 is 0 Å². The molecule has 0 N–H and O–H groups in total. The molecule has 0 radical (unpaired) electrons. The monoisotopic (exact) mass is 377 g/mol. The van der Waals surface area contributed by atoms with Crippen LogP contribution in [0.15, 0.2) is 65.7 Å². The highest BCUT2D eigenvalue weighted by Gasteiger charge is 2.32. The summed E-state index contributed by atoms with van der Waals surface area (Å²) < 4.78 is 5.35. The number of carbonyl (C=O) groups is 2. The molecule has 4 heteroatoms. The van der Waals surface area contributed by atoms with Crippen molar-refractivity contribution < 1.29 is 14.3 Å². The van der Waals surface area contributed by atoms with E-state index in [0.717, 1.165) is 36.1 Å². The Morgan fingerprint density at radius 2 is 1.64 bits per heavy atom. The van der Waals surface area contributed by atoms with Crippen molar-refractivity contribution >= 4 is 17.5 Å². The van der Waals surface area contributed by atoms with E-state index in [-0.39, 0.29) is 17.7 Å². The van der Waals surface area contributed by atoms with E-state index in [1.807, 2.05) is 60.7 Å². The van der Waals surface area contributed by atoms with Crippen molar-refractivity contribution in [2.45, 2.75) is 45.1 Å². The third-order valence-electron chi connectivity index (χ3n) is 5.11. The van der Waals surface area contributed by atoms with Crippen LogP contribution in [0.3, 0.4) is 0 Å². The lowest BCUT2D eigenvalue weighted by Crippen LogP contribution is -2.32. The Morgan fingerprint density at radius 3 is 2.21 bits per heavy atom. The molecule has 0 aliphatic heterocycles. The molecule has 28 heavy (non-hydrogen) atoms. The molecule has 1 aliphatic rings. The van der Waals surface area contributed by atoms with Crippen molar-refractivity contribution in [2.75, 3.05) is 6.61 Å². The topological polar surface area (TPSA) is 55.7 Å². The van der Waals surface area contributed by atoms with Gasteiger partial charge < -0.3 is 4.74 Å². The molecular formula is C24H27NO3. The molecule has 0 aromatic heterocycles. The molecule has 2 aromatic carbocycles. The lowest BCUT2D eigenvalue weighted by atomic mass is 9.91. The molecule has 1 fully saturated rings. The van der Waals surface area contributed by atoms with Crippen molar-refractivity contribution in [3.05, 3.63) is 71.8 Å². The summed E-state index contributed by atoms with van der Waals surface area (Å²) in [6.45, 7) is 2.10. The molecule has 4 nitrogen and oxygen atoms in total. The number of hydrogen-bond acceptors (Lipinski definition) is 4. The van der Waals surface area contributed by atoms with Crippen molar-refractivity contribution in [2.24, 2.45) is 10.9 Å². The summed E-state index contributed by atoms with van der Waals surface area (Å²) in [4.78, 5) is 29.9. The highest BCUT2D eigenvalue weighted by atomic mass is 16.5. The summed E-state index contributed by atoms with van der Waals surface area (Å²) in [6.07, 6.45) is 3.63. The first-order valence-corrected chi connectivity index (χ1v) is 10.1. The van der Waals surface area contributed by atoms with E-state index < -0.39 is 6.04 Å². The summed E-state index contributed by atoms with van der Waals surface area (Å²) in [7, 11) is 0. The van der Waals surface area contributed by atoms with Crippen LogP contribution in [-0.2, 0) is 14.3 Å². The van der Waals surface area contributed by atoms with Crippen LogP contribution in [0.1, 0.15) is 50.2 Å². The second kappa shape index (κ2) is 9.98. The highest BCUT2D eigenvalue weighted by Crippen LogP contribution is 2.27. The predicted octanol–water partition coefficient (Wildman–Crippen LogP) is 4.61. The number of nitrogens with zero attached hydrogens (tertiary/aromatic N) is 1. The number of hydrogen-bond donors (Lipinski definition) is 0. The molecule has 0 saturated heterocycles. The van der Waals surface area contributed by atoms with E-state index in [1.54, 1.807) is 6.92 Å². The van der Waals surface area contributed by atoms with Gasteiger partial charge in [-0.2, -0.15) is 0 Å². The van der Waals surface area contributed by atoms with Gasteiger partial charge in [-0.25, -0.2) is 4.79 Å². The number of esters is 1. The minimum atomic E-state index is -0.669. The number of benzene rings is 2. The van der Waals surface area contributed by atoms with Crippen molar-refractivity contribution in [1.82, 2.24) is 0 Å². The van der Waals surface area contributed by atoms with E-state index in [9.17, 15) is 9.59 Å². The van der Waals surface area contributed by atoms with E-state index in [4.69, 9.17) is 9.73 Å². The fourth-order valence-corrected chi connectivity index (χ4v) is 3.72. The fraction of sp³-hybridized carbons (Fsp3) is 0.375. The third kappa shape index (κ3) is 5.16. The first-order chi connectivity index (χ1) is 13.7. The molecule has 0 spiro atoms. The molecule has 0 unspecified atom stereocenters. The molecular weight excluding hydrogens is 350 g/mol. The van der Waals surface area contributed by atoms with Gasteiger partial charge in [0.1, 0.15) is 5.78 Å². The number of aliphatic imine (C=N–C) groups is 1. The summed E-state index contributed by atoms with van der Waals surface area (Å²) in [5.41, 5.74) is 2.65. The second-order valence-corrected chi connectivity index (χ2v) is 7.16. The van der Waals surface area contributed by atoms with Crippen LogP contribution in [0.5, 0.6) is 0 Å². The molecule has 0 bridgehead atoms. The average Bonchev–Trinajstić information content (AvgIpc) is 2.94. The van der Waals surface area contributed by atoms with Crippen LogP contribution in [-0.4, -0.2) is 30.1 Å². The Morgan fingerprint density at radius 1 is 1.04 bits per heavy atom. The molecule has 3 rings (SSSR count). The predicted molar refractivity (Wildman–Crippen MR) is 111 cm³/mol. The van der Waals surface area contributed by atoms with E-state index in [2.05, 4.69) is 0 Å². The van der Waals surface area contributed by atoms with Crippen LogP contribution in [0.2, 0.25) is 0 Å². The maximum absolute atomic E-state index is 12.8. The molecule has 146 valence electrons. The molecule has 2 aromatic rings. The lowest BCUT2D eigenvalue weighted by Gasteiger charge is -2.22. The van der Waals surface area contributed by atoms with Crippen LogP contribution >= 0.6 is 0 Å². The van der Waals surface area contributed by atoms with Gasteiger partial charge in [0.15, 0.2) is 6.04 Å². The van der Waals surface area contributed by atoms with Gasteiger partial charge >= 0.3 is 5.97 Å². The second-order valence-electron chi connectivity index (χ2n) is 7.16. The van der Waals surface area contributed by atoms with Gasteiger partial charge in [0.2, 0.25) is 0 Å². The zero-order valence-corrected chi connectivity index (χ0v) is 16.3. The van der Waals surface area contributed by atoms with Crippen molar-refractivity contribution in [3.8, 4) is 0 Å². The van der Waals surface area contributed by atoms with Crippen LogP contribution in [0.25, 0.3) is 0 Å².